The molecule has 0 atom stereocenters. The number of rotatable bonds is 3. The SMILES string of the molecule is COc1ccc(C#CCN)cc1NC(=O)c1ccoc1C. The summed E-state index contributed by atoms with van der Waals surface area (Å²) in [4.78, 5) is 12.2. The molecule has 5 nitrogen and oxygen atoms in total. The van der Waals surface area contributed by atoms with Crippen LogP contribution in [0.4, 0.5) is 5.69 Å². The van der Waals surface area contributed by atoms with Gasteiger partial charge < -0.3 is 20.2 Å². The van der Waals surface area contributed by atoms with Crippen LogP contribution in [0.2, 0.25) is 0 Å². The van der Waals surface area contributed by atoms with Gasteiger partial charge in [0.2, 0.25) is 0 Å². The Hall–Kier alpha value is -2.71. The molecule has 2 aromatic rings. The van der Waals surface area contributed by atoms with Gasteiger partial charge in [0.05, 0.1) is 31.2 Å². The van der Waals surface area contributed by atoms with Crippen molar-refractivity contribution in [1.29, 1.82) is 0 Å². The first-order valence-corrected chi connectivity index (χ1v) is 6.38. The fourth-order valence-electron chi connectivity index (χ4n) is 1.85. The first kappa shape index (κ1) is 14.7. The Morgan fingerprint density at radius 1 is 1.43 bits per heavy atom. The van der Waals surface area contributed by atoms with Crippen LogP contribution in [0.5, 0.6) is 5.75 Å². The zero-order chi connectivity index (χ0) is 15.2. The van der Waals surface area contributed by atoms with E-state index >= 15 is 0 Å². The number of aryl methyl sites for hydroxylation is 1. The van der Waals surface area contributed by atoms with Crippen LogP contribution in [0.3, 0.4) is 0 Å². The van der Waals surface area contributed by atoms with Crippen LogP contribution in [0.15, 0.2) is 34.9 Å². The molecule has 108 valence electrons. The van der Waals surface area contributed by atoms with Gasteiger partial charge in [0.15, 0.2) is 0 Å². The van der Waals surface area contributed by atoms with Gasteiger partial charge in [-0.05, 0) is 31.2 Å². The van der Waals surface area contributed by atoms with E-state index in [0.717, 1.165) is 5.56 Å². The summed E-state index contributed by atoms with van der Waals surface area (Å²) in [6, 6.07) is 6.92. The molecule has 0 saturated heterocycles. The average Bonchev–Trinajstić information content (AvgIpc) is 2.91. The largest absolute Gasteiger partial charge is 0.495 e. The zero-order valence-electron chi connectivity index (χ0n) is 11.9. The number of nitrogens with one attached hydrogen (secondary N) is 1. The molecule has 21 heavy (non-hydrogen) atoms. The van der Waals surface area contributed by atoms with Crippen molar-refractivity contribution >= 4 is 11.6 Å². The molecule has 1 heterocycles. The van der Waals surface area contributed by atoms with Crippen LogP contribution in [-0.2, 0) is 0 Å². The summed E-state index contributed by atoms with van der Waals surface area (Å²) in [6.07, 6.45) is 1.48. The van der Waals surface area contributed by atoms with Crippen molar-refractivity contribution in [2.24, 2.45) is 5.73 Å². The first-order chi connectivity index (χ1) is 10.2. The van der Waals surface area contributed by atoms with E-state index in [1.54, 1.807) is 38.3 Å². The highest BCUT2D eigenvalue weighted by molar-refractivity contribution is 6.05. The molecule has 3 N–H and O–H groups in total. The van der Waals surface area contributed by atoms with Crippen molar-refractivity contribution in [3.8, 4) is 17.6 Å². The van der Waals surface area contributed by atoms with Gasteiger partial charge in [-0.2, -0.15) is 0 Å². The molecule has 0 fully saturated rings. The van der Waals surface area contributed by atoms with Gasteiger partial charge >= 0.3 is 0 Å². The van der Waals surface area contributed by atoms with E-state index in [4.69, 9.17) is 14.9 Å². The second-order valence-electron chi connectivity index (χ2n) is 4.27. The van der Waals surface area contributed by atoms with Gasteiger partial charge in [-0.1, -0.05) is 11.8 Å². The lowest BCUT2D eigenvalue weighted by Crippen LogP contribution is -2.13. The molecule has 0 bridgehead atoms. The summed E-state index contributed by atoms with van der Waals surface area (Å²) in [5, 5.41) is 2.80. The number of benzene rings is 1. The number of carbonyl (C=O) groups is 1. The van der Waals surface area contributed by atoms with E-state index in [2.05, 4.69) is 17.2 Å². The summed E-state index contributed by atoms with van der Waals surface area (Å²) in [7, 11) is 1.54. The lowest BCUT2D eigenvalue weighted by atomic mass is 10.1. The van der Waals surface area contributed by atoms with Gasteiger partial charge in [0, 0.05) is 5.56 Å². The molecular weight excluding hydrogens is 268 g/mol. The summed E-state index contributed by atoms with van der Waals surface area (Å²) >= 11 is 0. The Labute approximate surface area is 123 Å². The minimum absolute atomic E-state index is 0.261. The number of carbonyl (C=O) groups excluding carboxylic acids is 1. The minimum atomic E-state index is -0.261. The smallest absolute Gasteiger partial charge is 0.259 e. The number of furan rings is 1. The van der Waals surface area contributed by atoms with E-state index in [-0.39, 0.29) is 12.5 Å². The molecule has 0 saturated carbocycles. The average molecular weight is 284 g/mol. The van der Waals surface area contributed by atoms with E-state index in [1.165, 1.54) is 6.26 Å². The molecule has 5 heteroatoms. The molecule has 2 rings (SSSR count). The van der Waals surface area contributed by atoms with Gasteiger partial charge in [-0.15, -0.1) is 0 Å². The standard InChI is InChI=1S/C16H16N2O3/c1-11-13(7-9-21-11)16(19)18-14-10-12(4-3-8-17)5-6-15(14)20-2/h5-7,9-10H,8,17H2,1-2H3,(H,18,19). The number of hydrogen-bond donors (Lipinski definition) is 2. The highest BCUT2D eigenvalue weighted by atomic mass is 16.5. The van der Waals surface area contributed by atoms with Crippen molar-refractivity contribution in [2.45, 2.75) is 6.92 Å². The third-order valence-electron chi connectivity index (χ3n) is 2.89. The van der Waals surface area contributed by atoms with E-state index in [9.17, 15) is 4.79 Å². The van der Waals surface area contributed by atoms with Gasteiger partial charge in [-0.3, -0.25) is 4.79 Å². The fraction of sp³-hybridized carbons (Fsp3) is 0.188. The van der Waals surface area contributed by atoms with Crippen LogP contribution in [0, 0.1) is 18.8 Å². The maximum Gasteiger partial charge on any atom is 0.259 e. The molecule has 0 spiro atoms. The van der Waals surface area contributed by atoms with Crippen LogP contribution in [0.1, 0.15) is 21.7 Å². The molecule has 0 radical (unpaired) electrons. The molecular formula is C16H16N2O3. The number of anilines is 1. The lowest BCUT2D eigenvalue weighted by Gasteiger charge is -2.10. The quantitative estimate of drug-likeness (QED) is 0.847. The predicted octanol–water partition coefficient (Wildman–Crippen LogP) is 2.16. The summed E-state index contributed by atoms with van der Waals surface area (Å²) < 4.78 is 10.4. The van der Waals surface area contributed by atoms with Crippen molar-refractivity contribution in [2.75, 3.05) is 19.0 Å². The number of ether oxygens (including phenoxy) is 1. The summed E-state index contributed by atoms with van der Waals surface area (Å²) in [6.45, 7) is 2.01. The highest BCUT2D eigenvalue weighted by Gasteiger charge is 2.14. The van der Waals surface area contributed by atoms with Crippen molar-refractivity contribution in [1.82, 2.24) is 0 Å². The molecule has 1 amide bonds. The van der Waals surface area contributed by atoms with Crippen molar-refractivity contribution in [3.63, 3.8) is 0 Å². The number of methoxy groups -OCH3 is 1. The van der Waals surface area contributed by atoms with Crippen LogP contribution < -0.4 is 15.8 Å². The Balaban J connectivity index is 2.29. The monoisotopic (exact) mass is 284 g/mol. The highest BCUT2D eigenvalue weighted by Crippen LogP contribution is 2.26. The molecule has 1 aromatic carbocycles. The molecule has 0 unspecified atom stereocenters. The second-order valence-corrected chi connectivity index (χ2v) is 4.27. The Morgan fingerprint density at radius 3 is 2.86 bits per heavy atom. The maximum absolute atomic E-state index is 12.2. The molecule has 1 aromatic heterocycles. The van der Waals surface area contributed by atoms with Crippen molar-refractivity contribution < 1.29 is 13.9 Å². The second kappa shape index (κ2) is 6.64. The molecule has 0 aliphatic carbocycles. The van der Waals surface area contributed by atoms with E-state index < -0.39 is 0 Å². The number of nitrogens with two attached hydrogens (primary N) is 1. The molecule has 0 aliphatic rings. The third kappa shape index (κ3) is 3.44. The van der Waals surface area contributed by atoms with Crippen molar-refractivity contribution in [3.05, 3.63) is 47.4 Å². The normalized spacial score (nSPS) is 9.67. The predicted molar refractivity (Wildman–Crippen MR) is 80.3 cm³/mol. The van der Waals surface area contributed by atoms with Crippen LogP contribution >= 0.6 is 0 Å². The van der Waals surface area contributed by atoms with Gasteiger partial charge in [0.1, 0.15) is 11.5 Å². The Kier molecular flexibility index (Phi) is 4.64. The third-order valence-corrected chi connectivity index (χ3v) is 2.89. The van der Waals surface area contributed by atoms with E-state index in [1.807, 2.05) is 0 Å². The topological polar surface area (TPSA) is 77.5 Å². The lowest BCUT2D eigenvalue weighted by molar-refractivity contribution is 0.102. The molecule has 0 aliphatic heterocycles. The zero-order valence-corrected chi connectivity index (χ0v) is 11.9. The Bertz CT molecular complexity index is 708. The summed E-state index contributed by atoms with van der Waals surface area (Å²) in [5.74, 6) is 6.54. The summed E-state index contributed by atoms with van der Waals surface area (Å²) in [5.41, 5.74) is 7.13. The number of hydrogen-bond acceptors (Lipinski definition) is 4. The number of amides is 1. The van der Waals surface area contributed by atoms with Crippen LogP contribution in [0.25, 0.3) is 0 Å². The first-order valence-electron chi connectivity index (χ1n) is 6.38. The fourth-order valence-corrected chi connectivity index (χ4v) is 1.85. The van der Waals surface area contributed by atoms with Gasteiger partial charge in [0.25, 0.3) is 5.91 Å². The minimum Gasteiger partial charge on any atom is -0.495 e. The van der Waals surface area contributed by atoms with Crippen LogP contribution in [-0.4, -0.2) is 19.6 Å². The van der Waals surface area contributed by atoms with Gasteiger partial charge in [-0.25, -0.2) is 0 Å². The Morgan fingerprint density at radius 2 is 2.24 bits per heavy atom. The maximum atomic E-state index is 12.2. The van der Waals surface area contributed by atoms with E-state index in [0.29, 0.717) is 22.8 Å².